The van der Waals surface area contributed by atoms with E-state index in [0.29, 0.717) is 6.42 Å². The minimum Gasteiger partial charge on any atom is -0.372 e. The largest absolute Gasteiger partial charge is 0.372 e. The van der Waals surface area contributed by atoms with E-state index in [-0.39, 0.29) is 17.7 Å². The van der Waals surface area contributed by atoms with Gasteiger partial charge in [-0.05, 0) is 41.7 Å². The summed E-state index contributed by atoms with van der Waals surface area (Å²) in [5, 5.41) is 7.15. The first kappa shape index (κ1) is 16.8. The Hall–Kier alpha value is -3.40. The van der Waals surface area contributed by atoms with Crippen molar-refractivity contribution in [2.45, 2.75) is 24.8 Å². The molecule has 0 saturated carbocycles. The maximum atomic E-state index is 13.3. The van der Waals surface area contributed by atoms with Gasteiger partial charge in [-0.25, -0.2) is 0 Å². The van der Waals surface area contributed by atoms with E-state index < -0.39 is 0 Å². The molecule has 0 bridgehead atoms. The van der Waals surface area contributed by atoms with Crippen molar-refractivity contribution < 1.29 is 4.79 Å². The summed E-state index contributed by atoms with van der Waals surface area (Å²) in [6.45, 7) is 0. The normalized spacial score (nSPS) is 21.1. The van der Waals surface area contributed by atoms with Gasteiger partial charge in [-0.2, -0.15) is 0 Å². The molecule has 1 aliphatic heterocycles. The summed E-state index contributed by atoms with van der Waals surface area (Å²) < 4.78 is 0. The van der Waals surface area contributed by atoms with Gasteiger partial charge >= 0.3 is 0 Å². The lowest BCUT2D eigenvalue weighted by atomic mass is 9.79. The molecule has 2 N–H and O–H groups in total. The van der Waals surface area contributed by atoms with Gasteiger partial charge in [0.1, 0.15) is 0 Å². The number of para-hydroxylation sites is 2. The van der Waals surface area contributed by atoms with E-state index in [1.54, 1.807) is 6.20 Å². The molecule has 5 rings (SSSR count). The summed E-state index contributed by atoms with van der Waals surface area (Å²) >= 11 is 0. The third-order valence-electron chi connectivity index (χ3n) is 5.60. The van der Waals surface area contributed by atoms with Crippen molar-refractivity contribution in [1.82, 2.24) is 4.98 Å². The summed E-state index contributed by atoms with van der Waals surface area (Å²) in [5.41, 5.74) is 6.05. The number of benzene rings is 2. The number of nitrogens with zero attached hydrogens (tertiary/aromatic N) is 1. The molecule has 0 saturated heterocycles. The fourth-order valence-electron chi connectivity index (χ4n) is 4.25. The highest BCUT2D eigenvalue weighted by molar-refractivity contribution is 6.01. The van der Waals surface area contributed by atoms with Crippen LogP contribution in [0.25, 0.3) is 0 Å². The van der Waals surface area contributed by atoms with E-state index in [2.05, 4.69) is 33.8 Å². The van der Waals surface area contributed by atoms with Crippen LogP contribution in [0, 0.1) is 0 Å². The second-order valence-corrected chi connectivity index (χ2v) is 7.37. The van der Waals surface area contributed by atoms with Crippen LogP contribution in [0.5, 0.6) is 0 Å². The lowest BCUT2D eigenvalue weighted by Gasteiger charge is -2.29. The monoisotopic (exact) mass is 367 g/mol. The van der Waals surface area contributed by atoms with Crippen molar-refractivity contribution in [1.29, 1.82) is 0 Å². The van der Waals surface area contributed by atoms with Crippen molar-refractivity contribution in [3.05, 3.63) is 102 Å². The Balaban J connectivity index is 1.62. The average molecular weight is 367 g/mol. The number of aromatic nitrogens is 1. The van der Waals surface area contributed by atoms with Gasteiger partial charge in [0.25, 0.3) is 0 Å². The summed E-state index contributed by atoms with van der Waals surface area (Å²) in [6.07, 6.45) is 4.94. The standard InChI is InChI=1S/C24H21N3O/c28-22-14-18(16-7-2-1-3-8-16)13-21-23(22)24(17-9-6-12-25-15-17)27-20-11-5-4-10-19(20)26-21/h1-12,15,18,24,26-27H,13-14H2. The third kappa shape index (κ3) is 2.97. The summed E-state index contributed by atoms with van der Waals surface area (Å²) in [4.78, 5) is 17.6. The predicted octanol–water partition coefficient (Wildman–Crippen LogP) is 5.06. The number of carbonyl (C=O) groups excluding carboxylic acids is 1. The Morgan fingerprint density at radius 2 is 1.57 bits per heavy atom. The third-order valence-corrected chi connectivity index (χ3v) is 5.60. The average Bonchev–Trinajstić information content (AvgIpc) is 2.92. The van der Waals surface area contributed by atoms with Gasteiger partial charge in [-0.1, -0.05) is 48.5 Å². The van der Waals surface area contributed by atoms with Crippen LogP contribution in [0.1, 0.15) is 35.9 Å². The SMILES string of the molecule is O=C1CC(c2ccccc2)CC2=C1C(c1cccnc1)Nc1ccccc1N2. The molecule has 2 heterocycles. The van der Waals surface area contributed by atoms with Crippen LogP contribution in [-0.2, 0) is 4.79 Å². The molecule has 2 aliphatic rings. The van der Waals surface area contributed by atoms with E-state index in [0.717, 1.165) is 34.6 Å². The molecule has 0 radical (unpaired) electrons. The topological polar surface area (TPSA) is 54.0 Å². The smallest absolute Gasteiger partial charge is 0.163 e. The van der Waals surface area contributed by atoms with Gasteiger partial charge in [0.05, 0.1) is 17.4 Å². The van der Waals surface area contributed by atoms with Gasteiger partial charge in [-0.15, -0.1) is 0 Å². The van der Waals surface area contributed by atoms with Crippen LogP contribution in [-0.4, -0.2) is 10.8 Å². The minimum absolute atomic E-state index is 0.191. The van der Waals surface area contributed by atoms with Crippen LogP contribution in [0.15, 0.2) is 90.4 Å². The lowest BCUT2D eigenvalue weighted by Crippen LogP contribution is -2.26. The number of ketones is 1. The minimum atomic E-state index is -0.205. The lowest BCUT2D eigenvalue weighted by molar-refractivity contribution is -0.116. The molecule has 138 valence electrons. The number of hydrogen-bond donors (Lipinski definition) is 2. The zero-order valence-electron chi connectivity index (χ0n) is 15.4. The van der Waals surface area contributed by atoms with Crippen LogP contribution in [0.4, 0.5) is 11.4 Å². The molecule has 2 atom stereocenters. The number of allylic oxidation sites excluding steroid dienone is 1. The van der Waals surface area contributed by atoms with E-state index in [4.69, 9.17) is 0 Å². The Bertz CT molecular complexity index is 1040. The maximum absolute atomic E-state index is 13.3. The van der Waals surface area contributed by atoms with E-state index in [9.17, 15) is 4.79 Å². The molecule has 4 nitrogen and oxygen atoms in total. The predicted molar refractivity (Wildman–Crippen MR) is 111 cm³/mol. The van der Waals surface area contributed by atoms with Gasteiger partial charge in [-0.3, -0.25) is 9.78 Å². The number of hydrogen-bond acceptors (Lipinski definition) is 4. The molecule has 4 heteroatoms. The number of fused-ring (bicyclic) bond motifs is 1. The number of carbonyl (C=O) groups is 1. The van der Waals surface area contributed by atoms with Crippen molar-refractivity contribution in [3.63, 3.8) is 0 Å². The molecule has 0 fully saturated rings. The fraction of sp³-hybridized carbons (Fsp3) is 0.167. The van der Waals surface area contributed by atoms with E-state index >= 15 is 0 Å². The van der Waals surface area contributed by atoms with E-state index in [1.807, 2.05) is 54.7 Å². The Kier molecular flexibility index (Phi) is 4.17. The Labute approximate surface area is 164 Å². The molecular formula is C24H21N3O. The van der Waals surface area contributed by atoms with Gasteiger partial charge in [0, 0.05) is 30.1 Å². The Morgan fingerprint density at radius 3 is 2.36 bits per heavy atom. The molecule has 1 aliphatic carbocycles. The first-order valence-electron chi connectivity index (χ1n) is 9.63. The molecular weight excluding hydrogens is 346 g/mol. The number of nitrogens with one attached hydrogen (secondary N) is 2. The highest BCUT2D eigenvalue weighted by Gasteiger charge is 2.35. The number of pyridine rings is 1. The van der Waals surface area contributed by atoms with Gasteiger partial charge in [0.2, 0.25) is 0 Å². The number of rotatable bonds is 2. The summed E-state index contributed by atoms with van der Waals surface area (Å²) in [6, 6.07) is 22.2. The molecule has 1 aromatic heterocycles. The quantitative estimate of drug-likeness (QED) is 0.665. The maximum Gasteiger partial charge on any atom is 0.163 e. The van der Waals surface area contributed by atoms with Gasteiger partial charge in [0.15, 0.2) is 5.78 Å². The van der Waals surface area contributed by atoms with Crippen molar-refractivity contribution in [2.75, 3.05) is 10.6 Å². The van der Waals surface area contributed by atoms with Crippen LogP contribution in [0.3, 0.4) is 0 Å². The fourth-order valence-corrected chi connectivity index (χ4v) is 4.25. The van der Waals surface area contributed by atoms with E-state index in [1.165, 1.54) is 5.56 Å². The molecule has 28 heavy (non-hydrogen) atoms. The van der Waals surface area contributed by atoms with Crippen LogP contribution in [0.2, 0.25) is 0 Å². The second-order valence-electron chi connectivity index (χ2n) is 7.37. The van der Waals surface area contributed by atoms with Crippen molar-refractivity contribution >= 4 is 17.2 Å². The first-order valence-corrected chi connectivity index (χ1v) is 9.63. The van der Waals surface area contributed by atoms with Gasteiger partial charge < -0.3 is 10.6 Å². The molecule has 2 aromatic carbocycles. The summed E-state index contributed by atoms with van der Waals surface area (Å²) in [5.74, 6) is 0.386. The Morgan fingerprint density at radius 1 is 0.821 bits per heavy atom. The first-order chi connectivity index (χ1) is 13.8. The highest BCUT2D eigenvalue weighted by atomic mass is 16.1. The molecule has 0 spiro atoms. The van der Waals surface area contributed by atoms with Crippen LogP contribution >= 0.6 is 0 Å². The zero-order chi connectivity index (χ0) is 18.9. The zero-order valence-corrected chi connectivity index (χ0v) is 15.4. The number of anilines is 2. The second kappa shape index (κ2) is 6.97. The molecule has 2 unspecified atom stereocenters. The molecule has 3 aromatic rings. The number of Topliss-reactive ketones (excluding diaryl/α,β-unsaturated/α-hetero) is 1. The summed E-state index contributed by atoms with van der Waals surface area (Å²) in [7, 11) is 0. The van der Waals surface area contributed by atoms with Crippen LogP contribution < -0.4 is 10.6 Å². The highest BCUT2D eigenvalue weighted by Crippen LogP contribution is 2.43. The molecule has 0 amide bonds. The van der Waals surface area contributed by atoms with Crippen molar-refractivity contribution in [2.24, 2.45) is 0 Å². The van der Waals surface area contributed by atoms with Crippen molar-refractivity contribution in [3.8, 4) is 0 Å².